The van der Waals surface area contributed by atoms with Gasteiger partial charge in [-0.15, -0.1) is 0 Å². The first-order valence-corrected chi connectivity index (χ1v) is 8.60. The molecule has 130 valence electrons. The molecule has 0 saturated carbocycles. The summed E-state index contributed by atoms with van der Waals surface area (Å²) in [4.78, 5) is 14.3. The quantitative estimate of drug-likeness (QED) is 0.585. The van der Waals surface area contributed by atoms with Crippen molar-refractivity contribution in [2.24, 2.45) is 0 Å². The van der Waals surface area contributed by atoms with Gasteiger partial charge >= 0.3 is 5.69 Å². The van der Waals surface area contributed by atoms with Crippen LogP contribution in [0.15, 0.2) is 59.5 Å². The normalized spacial score (nSPS) is 11.3. The van der Waals surface area contributed by atoms with Crippen LogP contribution in [0.3, 0.4) is 0 Å². The Hall–Kier alpha value is -2.82. The van der Waals surface area contributed by atoms with Gasteiger partial charge in [-0.05, 0) is 45.9 Å². The number of hydrogen-bond acceptors (Lipinski definition) is 2. The molecule has 0 aliphatic heterocycles. The maximum atomic E-state index is 11.5. The second-order valence-electron chi connectivity index (χ2n) is 6.65. The van der Waals surface area contributed by atoms with Crippen molar-refractivity contribution < 1.29 is 0 Å². The third-order valence-electron chi connectivity index (χ3n) is 4.13. The number of rotatable bonds is 2. The SMILES string of the molecule is CC(C)n1c(=O)[nH]c2ccccc21.CC(C)n1ncc2ccccc21. The zero-order valence-electron chi connectivity index (χ0n) is 15.1. The molecule has 0 aliphatic carbocycles. The third-order valence-corrected chi connectivity index (χ3v) is 4.13. The Morgan fingerprint density at radius 3 is 2.20 bits per heavy atom. The average molecular weight is 336 g/mol. The van der Waals surface area contributed by atoms with E-state index in [0.29, 0.717) is 6.04 Å². The summed E-state index contributed by atoms with van der Waals surface area (Å²) in [5, 5.41) is 5.53. The van der Waals surface area contributed by atoms with Crippen molar-refractivity contribution in [3.05, 3.63) is 65.2 Å². The maximum absolute atomic E-state index is 11.5. The number of nitrogens with one attached hydrogen (secondary N) is 1. The molecule has 4 aromatic rings. The number of imidazole rings is 1. The molecular formula is C20H24N4O. The molecular weight excluding hydrogens is 312 g/mol. The van der Waals surface area contributed by atoms with Crippen molar-refractivity contribution in [3.63, 3.8) is 0 Å². The Kier molecular flexibility index (Phi) is 4.74. The highest BCUT2D eigenvalue weighted by Gasteiger charge is 2.07. The van der Waals surface area contributed by atoms with Crippen LogP contribution in [0.2, 0.25) is 0 Å². The Labute approximate surface area is 146 Å². The highest BCUT2D eigenvalue weighted by atomic mass is 16.1. The number of nitrogens with zero attached hydrogens (tertiary/aromatic N) is 3. The first-order valence-electron chi connectivity index (χ1n) is 8.60. The van der Waals surface area contributed by atoms with Crippen LogP contribution in [0.5, 0.6) is 0 Å². The van der Waals surface area contributed by atoms with Crippen molar-refractivity contribution in [2.75, 3.05) is 0 Å². The van der Waals surface area contributed by atoms with Gasteiger partial charge < -0.3 is 4.98 Å². The number of fused-ring (bicyclic) bond motifs is 2. The van der Waals surface area contributed by atoms with E-state index in [4.69, 9.17) is 0 Å². The Balaban J connectivity index is 0.000000146. The molecule has 1 N–H and O–H groups in total. The molecule has 25 heavy (non-hydrogen) atoms. The predicted octanol–water partition coefficient (Wildman–Crippen LogP) is 4.53. The van der Waals surface area contributed by atoms with Crippen molar-refractivity contribution >= 4 is 21.9 Å². The first kappa shape index (κ1) is 17.0. The molecule has 0 saturated heterocycles. The molecule has 0 unspecified atom stereocenters. The number of aromatic nitrogens is 4. The second-order valence-corrected chi connectivity index (χ2v) is 6.65. The minimum absolute atomic E-state index is 0.0313. The van der Waals surface area contributed by atoms with Crippen LogP contribution in [0, 0.1) is 0 Å². The summed E-state index contributed by atoms with van der Waals surface area (Å²) in [5.41, 5.74) is 3.06. The first-order chi connectivity index (χ1) is 12.0. The van der Waals surface area contributed by atoms with E-state index in [9.17, 15) is 4.79 Å². The van der Waals surface area contributed by atoms with Gasteiger partial charge in [0.15, 0.2) is 0 Å². The summed E-state index contributed by atoms with van der Waals surface area (Å²) in [5.74, 6) is 0. The van der Waals surface area contributed by atoms with Crippen molar-refractivity contribution in [1.29, 1.82) is 0 Å². The van der Waals surface area contributed by atoms with Gasteiger partial charge in [-0.3, -0.25) is 9.25 Å². The van der Waals surface area contributed by atoms with E-state index < -0.39 is 0 Å². The van der Waals surface area contributed by atoms with E-state index in [0.717, 1.165) is 11.0 Å². The van der Waals surface area contributed by atoms with Gasteiger partial charge in [0.05, 0.1) is 22.7 Å². The molecule has 0 aliphatic rings. The molecule has 2 aromatic carbocycles. The summed E-state index contributed by atoms with van der Waals surface area (Å²) in [6, 6.07) is 16.6. The van der Waals surface area contributed by atoms with E-state index in [1.165, 1.54) is 10.9 Å². The summed E-state index contributed by atoms with van der Waals surface area (Å²) >= 11 is 0. The van der Waals surface area contributed by atoms with Crippen LogP contribution in [0.1, 0.15) is 39.8 Å². The largest absolute Gasteiger partial charge is 0.326 e. The van der Waals surface area contributed by atoms with Crippen LogP contribution in [0.4, 0.5) is 0 Å². The van der Waals surface area contributed by atoms with E-state index in [2.05, 4.69) is 36.1 Å². The van der Waals surface area contributed by atoms with Crippen molar-refractivity contribution in [3.8, 4) is 0 Å². The third kappa shape index (κ3) is 3.36. The summed E-state index contributed by atoms with van der Waals surface area (Å²) < 4.78 is 3.80. The van der Waals surface area contributed by atoms with Gasteiger partial charge in [0.25, 0.3) is 0 Å². The van der Waals surface area contributed by atoms with Gasteiger partial charge in [0.2, 0.25) is 0 Å². The predicted molar refractivity (Wildman–Crippen MR) is 103 cm³/mol. The van der Waals surface area contributed by atoms with Crippen LogP contribution < -0.4 is 5.69 Å². The molecule has 2 heterocycles. The van der Waals surface area contributed by atoms with Crippen LogP contribution in [-0.2, 0) is 0 Å². The number of H-pyrrole nitrogens is 1. The highest BCUT2D eigenvalue weighted by molar-refractivity contribution is 5.78. The number of aromatic amines is 1. The van der Waals surface area contributed by atoms with Crippen LogP contribution >= 0.6 is 0 Å². The van der Waals surface area contributed by atoms with Gasteiger partial charge in [-0.25, -0.2) is 4.79 Å². The topological polar surface area (TPSA) is 55.6 Å². The van der Waals surface area contributed by atoms with Crippen LogP contribution in [0.25, 0.3) is 21.9 Å². The maximum Gasteiger partial charge on any atom is 0.326 e. The summed E-state index contributed by atoms with van der Waals surface area (Å²) in [6.45, 7) is 8.28. The summed E-state index contributed by atoms with van der Waals surface area (Å²) in [7, 11) is 0. The van der Waals surface area contributed by atoms with E-state index >= 15 is 0 Å². The molecule has 0 radical (unpaired) electrons. The van der Waals surface area contributed by atoms with Gasteiger partial charge in [-0.2, -0.15) is 5.10 Å². The van der Waals surface area contributed by atoms with E-state index in [-0.39, 0.29) is 11.7 Å². The minimum atomic E-state index is -0.0313. The lowest BCUT2D eigenvalue weighted by Crippen LogP contribution is -2.18. The standard InChI is InChI=1S/C10H12N2O.C10H12N2/c1-7(2)12-9-6-4-3-5-8(9)11-10(12)13;1-8(2)12-10-6-4-3-5-9(10)7-11-12/h3-7H,1-2H3,(H,11,13);3-8H,1-2H3. The van der Waals surface area contributed by atoms with Crippen LogP contribution in [-0.4, -0.2) is 19.3 Å². The Bertz CT molecular complexity index is 1040. The number of hydrogen-bond donors (Lipinski definition) is 1. The second kappa shape index (κ2) is 6.97. The fourth-order valence-corrected chi connectivity index (χ4v) is 2.99. The van der Waals surface area contributed by atoms with E-state index in [1.807, 2.05) is 61.1 Å². The lowest BCUT2D eigenvalue weighted by molar-refractivity contribution is 0.551. The number of benzene rings is 2. The Morgan fingerprint density at radius 2 is 1.52 bits per heavy atom. The zero-order valence-corrected chi connectivity index (χ0v) is 15.1. The monoisotopic (exact) mass is 336 g/mol. The lowest BCUT2D eigenvalue weighted by Gasteiger charge is -2.05. The molecule has 0 atom stereocenters. The molecule has 4 rings (SSSR count). The van der Waals surface area contributed by atoms with Crippen molar-refractivity contribution in [1.82, 2.24) is 19.3 Å². The molecule has 0 amide bonds. The van der Waals surface area contributed by atoms with E-state index in [1.54, 1.807) is 4.57 Å². The molecule has 0 spiro atoms. The fourth-order valence-electron chi connectivity index (χ4n) is 2.99. The van der Waals surface area contributed by atoms with Gasteiger partial charge in [0, 0.05) is 17.5 Å². The molecule has 5 heteroatoms. The zero-order chi connectivity index (χ0) is 18.0. The number of para-hydroxylation sites is 3. The Morgan fingerprint density at radius 1 is 0.880 bits per heavy atom. The molecule has 2 aromatic heterocycles. The smallest absolute Gasteiger partial charge is 0.306 e. The fraction of sp³-hybridized carbons (Fsp3) is 0.300. The molecule has 0 bridgehead atoms. The minimum Gasteiger partial charge on any atom is -0.306 e. The lowest BCUT2D eigenvalue weighted by atomic mass is 10.2. The van der Waals surface area contributed by atoms with Gasteiger partial charge in [-0.1, -0.05) is 30.3 Å². The summed E-state index contributed by atoms with van der Waals surface area (Å²) in [6.07, 6.45) is 1.91. The van der Waals surface area contributed by atoms with Gasteiger partial charge in [0.1, 0.15) is 0 Å². The average Bonchev–Trinajstić information content (AvgIpc) is 3.15. The molecule has 0 fully saturated rings. The molecule has 5 nitrogen and oxygen atoms in total. The van der Waals surface area contributed by atoms with Crippen molar-refractivity contribution in [2.45, 2.75) is 39.8 Å². The highest BCUT2D eigenvalue weighted by Crippen LogP contribution is 2.16.